The van der Waals surface area contributed by atoms with E-state index in [2.05, 4.69) is 6.92 Å². The molecule has 0 aromatic heterocycles. The monoisotopic (exact) mass is 276 g/mol. The van der Waals surface area contributed by atoms with Crippen LogP contribution in [0.3, 0.4) is 0 Å². The summed E-state index contributed by atoms with van der Waals surface area (Å²) in [5.41, 5.74) is 0. The van der Waals surface area contributed by atoms with Crippen molar-refractivity contribution in [2.75, 3.05) is 0 Å². The smallest absolute Gasteiger partial charge is 0.282 e. The van der Waals surface area contributed by atoms with Crippen molar-refractivity contribution in [1.82, 2.24) is 0 Å². The van der Waals surface area contributed by atoms with Crippen LogP contribution in [0, 0.1) is 0 Å². The fraction of sp³-hybridized carbons (Fsp3) is 0.857. The predicted octanol–water partition coefficient (Wildman–Crippen LogP) is 4.70. The Morgan fingerprint density at radius 2 is 1.28 bits per heavy atom. The molecule has 0 heterocycles. The Morgan fingerprint density at radius 1 is 0.833 bits per heavy atom. The highest BCUT2D eigenvalue weighted by Crippen LogP contribution is 2.11. The maximum atomic E-state index is 10.4. The number of hydrogen-bond donors (Lipinski definition) is 1. The van der Waals surface area contributed by atoms with Crippen molar-refractivity contribution in [3.05, 3.63) is 11.5 Å². The third kappa shape index (κ3) is 15.6. The lowest BCUT2D eigenvalue weighted by atomic mass is 10.1. The summed E-state index contributed by atoms with van der Waals surface area (Å²) < 4.78 is 29.2. The summed E-state index contributed by atoms with van der Waals surface area (Å²) in [6.45, 7) is 2.23. The molecule has 0 amide bonds. The van der Waals surface area contributed by atoms with E-state index in [0.717, 1.165) is 24.7 Å². The molecule has 0 saturated carbocycles. The normalized spacial score (nSPS) is 12.3. The van der Waals surface area contributed by atoms with Crippen LogP contribution < -0.4 is 0 Å². The van der Waals surface area contributed by atoms with Crippen LogP contribution in [0.1, 0.15) is 77.6 Å². The van der Waals surface area contributed by atoms with Crippen LogP contribution in [0.4, 0.5) is 0 Å². The van der Waals surface area contributed by atoms with Gasteiger partial charge < -0.3 is 0 Å². The summed E-state index contributed by atoms with van der Waals surface area (Å²) in [7, 11) is -3.92. The summed E-state index contributed by atoms with van der Waals surface area (Å²) in [5, 5.41) is 0.876. The minimum absolute atomic E-state index is 0.732. The Hall–Kier alpha value is -0.350. The van der Waals surface area contributed by atoms with Gasteiger partial charge in [0, 0.05) is 0 Å². The quantitative estimate of drug-likeness (QED) is 0.415. The van der Waals surface area contributed by atoms with Crippen LogP contribution in [-0.2, 0) is 10.1 Å². The Balaban J connectivity index is 3.15. The molecule has 3 nitrogen and oxygen atoms in total. The number of hydrogen-bond acceptors (Lipinski definition) is 2. The average molecular weight is 276 g/mol. The van der Waals surface area contributed by atoms with E-state index in [1.807, 2.05) is 0 Å². The van der Waals surface area contributed by atoms with Gasteiger partial charge in [-0.25, -0.2) is 0 Å². The first-order chi connectivity index (χ1) is 8.56. The molecule has 0 aromatic carbocycles. The fourth-order valence-corrected chi connectivity index (χ4v) is 2.32. The molecule has 0 bridgehead atoms. The summed E-state index contributed by atoms with van der Waals surface area (Å²) in [4.78, 5) is 0. The molecule has 1 N–H and O–H groups in total. The van der Waals surface area contributed by atoms with Gasteiger partial charge >= 0.3 is 0 Å². The molecule has 0 fully saturated rings. The molecule has 0 aliphatic rings. The van der Waals surface area contributed by atoms with Gasteiger partial charge in [-0.1, -0.05) is 70.8 Å². The number of rotatable bonds is 12. The largest absolute Gasteiger partial charge is 0.287 e. The Labute approximate surface area is 112 Å². The highest BCUT2D eigenvalue weighted by atomic mass is 32.2. The molecule has 0 aliphatic heterocycles. The molecule has 4 heteroatoms. The molecule has 0 rings (SSSR count). The molecule has 0 atom stereocenters. The first kappa shape index (κ1) is 17.6. The maximum Gasteiger partial charge on any atom is 0.287 e. The van der Waals surface area contributed by atoms with Gasteiger partial charge in [-0.05, 0) is 12.8 Å². The van der Waals surface area contributed by atoms with Crippen molar-refractivity contribution >= 4 is 10.1 Å². The van der Waals surface area contributed by atoms with Gasteiger partial charge in [0.2, 0.25) is 0 Å². The standard InChI is InChI=1S/C14H28O3S/c1-2-3-4-5-6-7-8-9-10-11-12-13-14-18(15,16)17/h13-14H,2-12H2,1H3,(H,15,16,17)/b14-13-. The van der Waals surface area contributed by atoms with E-state index in [9.17, 15) is 8.42 Å². The highest BCUT2D eigenvalue weighted by molar-refractivity contribution is 7.88. The van der Waals surface area contributed by atoms with E-state index in [1.54, 1.807) is 0 Å². The summed E-state index contributed by atoms with van der Waals surface area (Å²) in [6.07, 6.45) is 15.0. The molecule has 0 radical (unpaired) electrons. The zero-order chi connectivity index (χ0) is 13.7. The molecule has 108 valence electrons. The Kier molecular flexibility index (Phi) is 11.5. The van der Waals surface area contributed by atoms with Crippen molar-refractivity contribution in [1.29, 1.82) is 0 Å². The second kappa shape index (κ2) is 11.7. The molecular formula is C14H28O3S. The van der Waals surface area contributed by atoms with Gasteiger partial charge in [-0.2, -0.15) is 8.42 Å². The Morgan fingerprint density at radius 3 is 1.72 bits per heavy atom. The van der Waals surface area contributed by atoms with Crippen molar-refractivity contribution < 1.29 is 13.0 Å². The van der Waals surface area contributed by atoms with Gasteiger partial charge in [0.1, 0.15) is 0 Å². The first-order valence-corrected chi connectivity index (χ1v) is 8.70. The van der Waals surface area contributed by atoms with E-state index in [4.69, 9.17) is 4.55 Å². The summed E-state index contributed by atoms with van der Waals surface area (Å²) >= 11 is 0. The lowest BCUT2D eigenvalue weighted by Gasteiger charge is -2.01. The molecule has 0 aromatic rings. The minimum atomic E-state index is -3.92. The highest BCUT2D eigenvalue weighted by Gasteiger charge is 1.94. The van der Waals surface area contributed by atoms with Crippen LogP contribution in [0.25, 0.3) is 0 Å². The topological polar surface area (TPSA) is 54.4 Å². The summed E-state index contributed by atoms with van der Waals surface area (Å²) in [5.74, 6) is 0. The summed E-state index contributed by atoms with van der Waals surface area (Å²) in [6, 6.07) is 0. The van der Waals surface area contributed by atoms with Crippen molar-refractivity contribution in [2.45, 2.75) is 77.6 Å². The lowest BCUT2D eigenvalue weighted by Crippen LogP contribution is -1.89. The second-order valence-corrected chi connectivity index (χ2v) is 6.16. The van der Waals surface area contributed by atoms with Gasteiger partial charge in [-0.15, -0.1) is 0 Å². The Bertz CT molecular complexity index is 294. The number of unbranched alkanes of at least 4 members (excludes halogenated alkanes) is 10. The van der Waals surface area contributed by atoms with E-state index in [-0.39, 0.29) is 0 Å². The average Bonchev–Trinajstić information content (AvgIpc) is 2.29. The van der Waals surface area contributed by atoms with E-state index in [0.29, 0.717) is 0 Å². The zero-order valence-corrected chi connectivity index (χ0v) is 12.4. The van der Waals surface area contributed by atoms with E-state index >= 15 is 0 Å². The first-order valence-electron chi connectivity index (χ1n) is 7.20. The van der Waals surface area contributed by atoms with Crippen molar-refractivity contribution in [3.8, 4) is 0 Å². The van der Waals surface area contributed by atoms with Gasteiger partial charge in [-0.3, -0.25) is 4.55 Å². The SMILES string of the molecule is CCCCCCCCCCCC/C=C\S(=O)(=O)O. The van der Waals surface area contributed by atoms with Gasteiger partial charge in [0.15, 0.2) is 0 Å². The molecule has 0 saturated heterocycles. The van der Waals surface area contributed by atoms with Crippen LogP contribution in [0.15, 0.2) is 11.5 Å². The van der Waals surface area contributed by atoms with Crippen LogP contribution in [0.5, 0.6) is 0 Å². The van der Waals surface area contributed by atoms with Crippen LogP contribution >= 0.6 is 0 Å². The zero-order valence-electron chi connectivity index (χ0n) is 11.6. The van der Waals surface area contributed by atoms with Gasteiger partial charge in [0.25, 0.3) is 10.1 Å². The molecule has 0 unspecified atom stereocenters. The van der Waals surface area contributed by atoms with E-state index in [1.165, 1.54) is 57.4 Å². The lowest BCUT2D eigenvalue weighted by molar-refractivity contribution is 0.494. The molecular weight excluding hydrogens is 248 g/mol. The maximum absolute atomic E-state index is 10.4. The van der Waals surface area contributed by atoms with Crippen molar-refractivity contribution in [3.63, 3.8) is 0 Å². The predicted molar refractivity (Wildman–Crippen MR) is 77.1 cm³/mol. The fourth-order valence-electron chi connectivity index (χ4n) is 1.94. The minimum Gasteiger partial charge on any atom is -0.282 e. The third-order valence-corrected chi connectivity index (χ3v) is 3.53. The third-order valence-electron chi connectivity index (χ3n) is 2.99. The van der Waals surface area contributed by atoms with E-state index < -0.39 is 10.1 Å². The van der Waals surface area contributed by atoms with Gasteiger partial charge in [0.05, 0.1) is 5.41 Å². The van der Waals surface area contributed by atoms with Crippen molar-refractivity contribution in [2.24, 2.45) is 0 Å². The van der Waals surface area contributed by atoms with Crippen LogP contribution in [-0.4, -0.2) is 13.0 Å². The molecule has 0 spiro atoms. The number of allylic oxidation sites excluding steroid dienone is 1. The molecule has 18 heavy (non-hydrogen) atoms. The molecule has 0 aliphatic carbocycles. The second-order valence-electron chi connectivity index (χ2n) is 4.86. The van der Waals surface area contributed by atoms with Crippen LogP contribution in [0.2, 0.25) is 0 Å².